The predicted molar refractivity (Wildman–Crippen MR) is 64.8 cm³/mol. The van der Waals surface area contributed by atoms with Crippen molar-refractivity contribution in [3.8, 4) is 0 Å². The SMILES string of the molecule is N=C(N)c1cc(F)c(N(CCO)C2CC2)c(F)c1. The van der Waals surface area contributed by atoms with Crippen molar-refractivity contribution in [2.75, 3.05) is 18.1 Å². The van der Waals surface area contributed by atoms with Gasteiger partial charge in [-0.25, -0.2) is 8.78 Å². The molecule has 1 aliphatic carbocycles. The van der Waals surface area contributed by atoms with E-state index in [2.05, 4.69) is 0 Å². The second-order valence-electron chi connectivity index (χ2n) is 4.35. The zero-order chi connectivity index (χ0) is 13.3. The molecule has 0 radical (unpaired) electrons. The lowest BCUT2D eigenvalue weighted by molar-refractivity contribution is 0.300. The minimum Gasteiger partial charge on any atom is -0.395 e. The van der Waals surface area contributed by atoms with Gasteiger partial charge in [0.1, 0.15) is 23.2 Å². The first-order valence-corrected chi connectivity index (χ1v) is 5.75. The number of anilines is 1. The highest BCUT2D eigenvalue weighted by Gasteiger charge is 2.32. The largest absolute Gasteiger partial charge is 0.395 e. The third kappa shape index (κ3) is 2.43. The van der Waals surface area contributed by atoms with Gasteiger partial charge >= 0.3 is 0 Å². The van der Waals surface area contributed by atoms with Gasteiger partial charge in [0, 0.05) is 18.2 Å². The molecule has 1 aromatic carbocycles. The van der Waals surface area contributed by atoms with Crippen LogP contribution in [-0.4, -0.2) is 30.1 Å². The molecule has 1 saturated carbocycles. The Bertz CT molecular complexity index is 451. The van der Waals surface area contributed by atoms with Gasteiger partial charge in [-0.2, -0.15) is 0 Å². The second-order valence-corrected chi connectivity index (χ2v) is 4.35. The summed E-state index contributed by atoms with van der Waals surface area (Å²) in [5.41, 5.74) is 5.08. The Kier molecular flexibility index (Phi) is 3.47. The Hall–Kier alpha value is -1.69. The molecule has 4 nitrogen and oxygen atoms in total. The number of benzene rings is 1. The van der Waals surface area contributed by atoms with Crippen molar-refractivity contribution in [1.29, 1.82) is 5.41 Å². The fourth-order valence-electron chi connectivity index (χ4n) is 1.97. The zero-order valence-corrected chi connectivity index (χ0v) is 9.79. The first kappa shape index (κ1) is 12.8. The lowest BCUT2D eigenvalue weighted by atomic mass is 10.1. The van der Waals surface area contributed by atoms with E-state index in [0.29, 0.717) is 0 Å². The van der Waals surface area contributed by atoms with Crippen LogP contribution < -0.4 is 10.6 Å². The van der Waals surface area contributed by atoms with Crippen LogP contribution in [0.5, 0.6) is 0 Å². The molecule has 0 aliphatic heterocycles. The van der Waals surface area contributed by atoms with Crippen molar-refractivity contribution < 1.29 is 13.9 Å². The number of nitrogens with one attached hydrogen (secondary N) is 1. The number of nitrogens with two attached hydrogens (primary N) is 1. The van der Waals surface area contributed by atoms with E-state index < -0.39 is 11.6 Å². The van der Waals surface area contributed by atoms with Crippen LogP contribution in [0.1, 0.15) is 18.4 Å². The van der Waals surface area contributed by atoms with Crippen molar-refractivity contribution in [1.82, 2.24) is 0 Å². The van der Waals surface area contributed by atoms with Crippen molar-refractivity contribution in [2.24, 2.45) is 5.73 Å². The molecule has 1 aromatic rings. The van der Waals surface area contributed by atoms with Gasteiger partial charge in [0.25, 0.3) is 0 Å². The molecule has 98 valence electrons. The van der Waals surface area contributed by atoms with Gasteiger partial charge in [-0.05, 0) is 25.0 Å². The second kappa shape index (κ2) is 4.89. The van der Waals surface area contributed by atoms with Crippen LogP contribution >= 0.6 is 0 Å². The van der Waals surface area contributed by atoms with Gasteiger partial charge in [-0.1, -0.05) is 0 Å². The maximum Gasteiger partial charge on any atom is 0.150 e. The van der Waals surface area contributed by atoms with Crippen LogP contribution in [0.15, 0.2) is 12.1 Å². The average molecular weight is 255 g/mol. The predicted octanol–water partition coefficient (Wildman–Crippen LogP) is 1.21. The third-order valence-corrected chi connectivity index (χ3v) is 2.94. The van der Waals surface area contributed by atoms with E-state index in [-0.39, 0.29) is 36.3 Å². The van der Waals surface area contributed by atoms with Crippen LogP contribution in [0.25, 0.3) is 0 Å². The molecule has 1 aliphatic rings. The Balaban J connectivity index is 2.39. The van der Waals surface area contributed by atoms with E-state index in [0.717, 1.165) is 25.0 Å². The summed E-state index contributed by atoms with van der Waals surface area (Å²) in [6.45, 7) is 0.0295. The number of nitrogen functional groups attached to an aromatic ring is 1. The summed E-state index contributed by atoms with van der Waals surface area (Å²) in [6.07, 6.45) is 1.74. The van der Waals surface area contributed by atoms with Gasteiger partial charge < -0.3 is 15.7 Å². The van der Waals surface area contributed by atoms with Crippen LogP contribution in [-0.2, 0) is 0 Å². The summed E-state index contributed by atoms with van der Waals surface area (Å²) in [5.74, 6) is -1.87. The molecule has 0 amide bonds. The van der Waals surface area contributed by atoms with E-state index in [4.69, 9.17) is 16.2 Å². The summed E-state index contributed by atoms with van der Waals surface area (Å²) in [4.78, 5) is 1.54. The lowest BCUT2D eigenvalue weighted by Crippen LogP contribution is -2.31. The molecule has 0 spiro atoms. The number of aliphatic hydroxyl groups is 1. The lowest BCUT2D eigenvalue weighted by Gasteiger charge is -2.25. The molecular formula is C12H15F2N3O. The molecular weight excluding hydrogens is 240 g/mol. The summed E-state index contributed by atoms with van der Waals surface area (Å²) in [7, 11) is 0. The Morgan fingerprint density at radius 3 is 2.33 bits per heavy atom. The van der Waals surface area contributed by atoms with Crippen molar-refractivity contribution in [3.05, 3.63) is 29.3 Å². The molecule has 0 bridgehead atoms. The summed E-state index contributed by atoms with van der Waals surface area (Å²) >= 11 is 0. The van der Waals surface area contributed by atoms with Crippen LogP contribution in [0.4, 0.5) is 14.5 Å². The molecule has 0 saturated heterocycles. The molecule has 0 heterocycles. The molecule has 0 atom stereocenters. The highest BCUT2D eigenvalue weighted by atomic mass is 19.1. The Labute approximate surface area is 104 Å². The van der Waals surface area contributed by atoms with E-state index in [9.17, 15) is 8.78 Å². The molecule has 0 unspecified atom stereocenters. The fourth-order valence-corrected chi connectivity index (χ4v) is 1.97. The molecule has 0 aromatic heterocycles. The summed E-state index contributed by atoms with van der Waals surface area (Å²) in [5, 5.41) is 16.1. The molecule has 1 fully saturated rings. The van der Waals surface area contributed by atoms with Gasteiger partial charge in [0.15, 0.2) is 0 Å². The number of hydrogen-bond acceptors (Lipinski definition) is 3. The van der Waals surface area contributed by atoms with E-state index in [1.165, 1.54) is 4.90 Å². The van der Waals surface area contributed by atoms with Crippen LogP contribution in [0.3, 0.4) is 0 Å². The fraction of sp³-hybridized carbons (Fsp3) is 0.417. The minimum absolute atomic E-state index is 0.0218. The summed E-state index contributed by atoms with van der Waals surface area (Å²) in [6, 6.07) is 2.19. The first-order chi connectivity index (χ1) is 8.54. The van der Waals surface area contributed by atoms with E-state index in [1.54, 1.807) is 0 Å². The van der Waals surface area contributed by atoms with Crippen molar-refractivity contribution >= 4 is 11.5 Å². The maximum absolute atomic E-state index is 13.9. The molecule has 4 N–H and O–H groups in total. The number of nitrogens with zero attached hydrogens (tertiary/aromatic N) is 1. The number of hydrogen-bond donors (Lipinski definition) is 3. The zero-order valence-electron chi connectivity index (χ0n) is 9.79. The minimum atomic E-state index is -0.749. The number of amidine groups is 1. The van der Waals surface area contributed by atoms with Crippen LogP contribution in [0.2, 0.25) is 0 Å². The smallest absolute Gasteiger partial charge is 0.150 e. The number of rotatable bonds is 5. The Morgan fingerprint density at radius 1 is 1.39 bits per heavy atom. The number of halogens is 2. The Morgan fingerprint density at radius 2 is 1.94 bits per heavy atom. The van der Waals surface area contributed by atoms with Gasteiger partial charge in [0.2, 0.25) is 0 Å². The quantitative estimate of drug-likeness (QED) is 0.547. The van der Waals surface area contributed by atoms with E-state index in [1.807, 2.05) is 0 Å². The molecule has 18 heavy (non-hydrogen) atoms. The topological polar surface area (TPSA) is 73.3 Å². The van der Waals surface area contributed by atoms with Gasteiger partial charge in [-0.15, -0.1) is 0 Å². The highest BCUT2D eigenvalue weighted by Crippen LogP contribution is 2.34. The maximum atomic E-state index is 13.9. The van der Waals surface area contributed by atoms with Gasteiger partial charge in [-0.3, -0.25) is 5.41 Å². The molecule has 2 rings (SSSR count). The van der Waals surface area contributed by atoms with E-state index >= 15 is 0 Å². The normalized spacial score (nSPS) is 14.6. The standard InChI is InChI=1S/C12H15F2N3O/c13-9-5-7(12(15)16)6-10(14)11(9)17(3-4-18)8-1-2-8/h5-6,8,18H,1-4H2,(H3,15,16). The third-order valence-electron chi connectivity index (χ3n) is 2.94. The first-order valence-electron chi connectivity index (χ1n) is 5.75. The van der Waals surface area contributed by atoms with Crippen molar-refractivity contribution in [3.63, 3.8) is 0 Å². The van der Waals surface area contributed by atoms with Gasteiger partial charge in [0.05, 0.1) is 6.61 Å². The summed E-state index contributed by atoms with van der Waals surface area (Å²) < 4.78 is 27.8. The van der Waals surface area contributed by atoms with Crippen LogP contribution in [0, 0.1) is 17.0 Å². The number of aliphatic hydroxyl groups excluding tert-OH is 1. The highest BCUT2D eigenvalue weighted by molar-refractivity contribution is 5.95. The molecule has 6 heteroatoms. The average Bonchev–Trinajstić information content (AvgIpc) is 3.10. The van der Waals surface area contributed by atoms with Crippen molar-refractivity contribution in [2.45, 2.75) is 18.9 Å². The monoisotopic (exact) mass is 255 g/mol.